The lowest BCUT2D eigenvalue weighted by atomic mass is 10.0. The van der Waals surface area contributed by atoms with Gasteiger partial charge in [0.05, 0.1) is 0 Å². The predicted molar refractivity (Wildman–Crippen MR) is 73.8 cm³/mol. The standard InChI is InChI=1S/C15H22N2/c1-11-9-17(10-12(11)2)14-6-5-13-4-3-7-16-15(13)8-14/h5-6,8,11-12,16H,3-4,7,9-10H2,1-2H3. The van der Waals surface area contributed by atoms with Gasteiger partial charge in [0.15, 0.2) is 0 Å². The van der Waals surface area contributed by atoms with Crippen molar-refractivity contribution in [3.05, 3.63) is 23.8 Å². The minimum atomic E-state index is 0.819. The summed E-state index contributed by atoms with van der Waals surface area (Å²) in [6.45, 7) is 8.27. The van der Waals surface area contributed by atoms with Gasteiger partial charge in [-0.25, -0.2) is 0 Å². The molecule has 3 rings (SSSR count). The predicted octanol–water partition coefficient (Wildman–Crippen LogP) is 3.14. The fraction of sp³-hybridized carbons (Fsp3) is 0.600. The van der Waals surface area contributed by atoms with E-state index in [-0.39, 0.29) is 0 Å². The Hall–Kier alpha value is -1.18. The molecule has 0 radical (unpaired) electrons. The SMILES string of the molecule is CC1CN(c2ccc3c(c2)NCCC3)CC1C. The van der Waals surface area contributed by atoms with E-state index < -0.39 is 0 Å². The summed E-state index contributed by atoms with van der Waals surface area (Å²) >= 11 is 0. The van der Waals surface area contributed by atoms with E-state index in [0.717, 1.165) is 18.4 Å². The summed E-state index contributed by atoms with van der Waals surface area (Å²) in [6, 6.07) is 6.96. The average molecular weight is 230 g/mol. The van der Waals surface area contributed by atoms with Crippen molar-refractivity contribution in [2.24, 2.45) is 11.8 Å². The number of anilines is 2. The zero-order chi connectivity index (χ0) is 11.8. The average Bonchev–Trinajstić information content (AvgIpc) is 2.69. The largest absolute Gasteiger partial charge is 0.385 e. The quantitative estimate of drug-likeness (QED) is 0.797. The lowest BCUT2D eigenvalue weighted by molar-refractivity contribution is 0.494. The fourth-order valence-corrected chi connectivity index (χ4v) is 2.99. The molecule has 2 unspecified atom stereocenters. The van der Waals surface area contributed by atoms with Crippen molar-refractivity contribution < 1.29 is 0 Å². The number of nitrogens with zero attached hydrogens (tertiary/aromatic N) is 1. The van der Waals surface area contributed by atoms with Crippen LogP contribution in [0.25, 0.3) is 0 Å². The molecule has 2 aliphatic heterocycles. The Kier molecular flexibility index (Phi) is 2.73. The van der Waals surface area contributed by atoms with E-state index in [0.29, 0.717) is 0 Å². The third kappa shape index (κ3) is 2.01. The molecule has 2 heterocycles. The van der Waals surface area contributed by atoms with Crippen LogP contribution in [0.3, 0.4) is 0 Å². The van der Waals surface area contributed by atoms with Gasteiger partial charge in [0, 0.05) is 31.0 Å². The molecule has 2 nitrogen and oxygen atoms in total. The Morgan fingerprint density at radius 3 is 2.71 bits per heavy atom. The Bertz CT molecular complexity index is 403. The summed E-state index contributed by atoms with van der Waals surface area (Å²) in [5, 5.41) is 3.52. The smallest absolute Gasteiger partial charge is 0.0393 e. The lowest BCUT2D eigenvalue weighted by Crippen LogP contribution is -2.20. The van der Waals surface area contributed by atoms with Crippen molar-refractivity contribution in [2.75, 3.05) is 29.9 Å². The molecule has 1 aromatic rings. The highest BCUT2D eigenvalue weighted by atomic mass is 15.2. The summed E-state index contributed by atoms with van der Waals surface area (Å²) in [5.74, 6) is 1.64. The van der Waals surface area contributed by atoms with Crippen molar-refractivity contribution in [3.63, 3.8) is 0 Å². The second-order valence-electron chi connectivity index (χ2n) is 5.73. The molecular weight excluding hydrogens is 208 g/mol. The Balaban J connectivity index is 1.84. The molecule has 2 heteroatoms. The second kappa shape index (κ2) is 4.25. The van der Waals surface area contributed by atoms with E-state index in [4.69, 9.17) is 0 Å². The van der Waals surface area contributed by atoms with Crippen LogP contribution in [0.4, 0.5) is 11.4 Å². The lowest BCUT2D eigenvalue weighted by Gasteiger charge is -2.23. The first-order valence-electron chi connectivity index (χ1n) is 6.86. The van der Waals surface area contributed by atoms with Crippen LogP contribution >= 0.6 is 0 Å². The maximum absolute atomic E-state index is 3.52. The van der Waals surface area contributed by atoms with Gasteiger partial charge >= 0.3 is 0 Å². The van der Waals surface area contributed by atoms with Crippen LogP contribution in [-0.2, 0) is 6.42 Å². The fourth-order valence-electron chi connectivity index (χ4n) is 2.99. The van der Waals surface area contributed by atoms with Gasteiger partial charge in [-0.1, -0.05) is 19.9 Å². The second-order valence-corrected chi connectivity index (χ2v) is 5.73. The molecule has 1 saturated heterocycles. The molecule has 1 fully saturated rings. The minimum absolute atomic E-state index is 0.819. The summed E-state index contributed by atoms with van der Waals surface area (Å²) in [5.41, 5.74) is 4.25. The molecule has 92 valence electrons. The molecule has 0 amide bonds. The van der Waals surface area contributed by atoms with Gasteiger partial charge < -0.3 is 10.2 Å². The minimum Gasteiger partial charge on any atom is -0.385 e. The van der Waals surface area contributed by atoms with Gasteiger partial charge in [-0.2, -0.15) is 0 Å². The highest BCUT2D eigenvalue weighted by molar-refractivity contribution is 5.63. The van der Waals surface area contributed by atoms with Gasteiger partial charge in [0.1, 0.15) is 0 Å². The number of fused-ring (bicyclic) bond motifs is 1. The van der Waals surface area contributed by atoms with Crippen LogP contribution in [0, 0.1) is 11.8 Å². The van der Waals surface area contributed by atoms with Crippen LogP contribution in [0.1, 0.15) is 25.8 Å². The maximum Gasteiger partial charge on any atom is 0.0393 e. The van der Waals surface area contributed by atoms with Crippen LogP contribution in [0.15, 0.2) is 18.2 Å². The summed E-state index contributed by atoms with van der Waals surface area (Å²) < 4.78 is 0. The Labute approximate surface area is 104 Å². The van der Waals surface area contributed by atoms with E-state index in [2.05, 4.69) is 42.3 Å². The summed E-state index contributed by atoms with van der Waals surface area (Å²) in [7, 11) is 0. The molecule has 0 bridgehead atoms. The first-order chi connectivity index (χ1) is 8.24. The van der Waals surface area contributed by atoms with Gasteiger partial charge in [-0.15, -0.1) is 0 Å². The first-order valence-corrected chi connectivity index (χ1v) is 6.86. The third-order valence-corrected chi connectivity index (χ3v) is 4.39. The molecule has 1 aromatic carbocycles. The number of rotatable bonds is 1. The van der Waals surface area contributed by atoms with Crippen LogP contribution in [0.2, 0.25) is 0 Å². The third-order valence-electron chi connectivity index (χ3n) is 4.39. The summed E-state index contributed by atoms with van der Waals surface area (Å²) in [6.07, 6.45) is 2.50. The normalized spacial score (nSPS) is 27.8. The zero-order valence-corrected chi connectivity index (χ0v) is 10.9. The highest BCUT2D eigenvalue weighted by Crippen LogP contribution is 2.32. The van der Waals surface area contributed by atoms with E-state index >= 15 is 0 Å². The van der Waals surface area contributed by atoms with Crippen LogP contribution in [-0.4, -0.2) is 19.6 Å². The molecule has 0 saturated carbocycles. The van der Waals surface area contributed by atoms with Crippen molar-refractivity contribution in [1.82, 2.24) is 0 Å². The zero-order valence-electron chi connectivity index (χ0n) is 10.9. The topological polar surface area (TPSA) is 15.3 Å². The van der Waals surface area contributed by atoms with Crippen LogP contribution in [0.5, 0.6) is 0 Å². The molecule has 0 aromatic heterocycles. The molecule has 2 aliphatic rings. The summed E-state index contributed by atoms with van der Waals surface area (Å²) in [4.78, 5) is 2.53. The van der Waals surface area contributed by atoms with Crippen molar-refractivity contribution in [1.29, 1.82) is 0 Å². The number of hydrogen-bond acceptors (Lipinski definition) is 2. The first kappa shape index (κ1) is 10.9. The van der Waals surface area contributed by atoms with E-state index in [9.17, 15) is 0 Å². The molecule has 0 spiro atoms. The molecule has 1 N–H and O–H groups in total. The molecule has 0 aliphatic carbocycles. The van der Waals surface area contributed by atoms with E-state index in [1.807, 2.05) is 0 Å². The Morgan fingerprint density at radius 2 is 1.94 bits per heavy atom. The van der Waals surface area contributed by atoms with E-state index in [1.165, 1.54) is 42.9 Å². The van der Waals surface area contributed by atoms with Crippen molar-refractivity contribution in [3.8, 4) is 0 Å². The molecule has 17 heavy (non-hydrogen) atoms. The van der Waals surface area contributed by atoms with Crippen LogP contribution < -0.4 is 10.2 Å². The molecular formula is C15H22N2. The highest BCUT2D eigenvalue weighted by Gasteiger charge is 2.26. The van der Waals surface area contributed by atoms with Gasteiger partial charge in [-0.3, -0.25) is 0 Å². The number of hydrogen-bond donors (Lipinski definition) is 1. The Morgan fingerprint density at radius 1 is 1.18 bits per heavy atom. The van der Waals surface area contributed by atoms with Gasteiger partial charge in [-0.05, 0) is 42.4 Å². The van der Waals surface area contributed by atoms with Crippen molar-refractivity contribution >= 4 is 11.4 Å². The molecule has 2 atom stereocenters. The monoisotopic (exact) mass is 230 g/mol. The van der Waals surface area contributed by atoms with Crippen molar-refractivity contribution in [2.45, 2.75) is 26.7 Å². The van der Waals surface area contributed by atoms with Gasteiger partial charge in [0.25, 0.3) is 0 Å². The van der Waals surface area contributed by atoms with Gasteiger partial charge in [0.2, 0.25) is 0 Å². The number of nitrogens with one attached hydrogen (secondary N) is 1. The number of benzene rings is 1. The number of aryl methyl sites for hydroxylation is 1. The van der Waals surface area contributed by atoms with E-state index in [1.54, 1.807) is 0 Å². The maximum atomic E-state index is 3.52.